The van der Waals surface area contributed by atoms with Crippen molar-refractivity contribution in [3.63, 3.8) is 0 Å². The first-order valence-corrected chi connectivity index (χ1v) is 7.37. The van der Waals surface area contributed by atoms with Crippen molar-refractivity contribution < 1.29 is 0 Å². The summed E-state index contributed by atoms with van der Waals surface area (Å²) in [4.78, 5) is 8.11. The molecule has 0 unspecified atom stereocenters. The Hall–Kier alpha value is -0.910. The Kier molecular flexibility index (Phi) is 4.15. The van der Waals surface area contributed by atoms with Crippen LogP contribution >= 0.6 is 22.7 Å². The fraction of sp³-hybridized carbons (Fsp3) is 0.417. The predicted molar refractivity (Wildman–Crippen MR) is 75.2 cm³/mol. The summed E-state index contributed by atoms with van der Waals surface area (Å²) in [7, 11) is 0. The molecule has 0 bridgehead atoms. The highest BCUT2D eigenvalue weighted by molar-refractivity contribution is 7.13. The van der Waals surface area contributed by atoms with Gasteiger partial charge < -0.3 is 5.73 Å². The molecule has 0 radical (unpaired) electrons. The van der Waals surface area contributed by atoms with Gasteiger partial charge in [0, 0.05) is 29.4 Å². The molecule has 2 aromatic heterocycles. The number of nitrogens with zero attached hydrogens (tertiary/aromatic N) is 2. The minimum absolute atomic E-state index is 0.500. The third-order valence-corrected chi connectivity index (χ3v) is 4.19. The number of hydrogen-bond acceptors (Lipinski definition) is 5. The lowest BCUT2D eigenvalue weighted by Crippen LogP contribution is -2.29. The van der Waals surface area contributed by atoms with E-state index in [1.807, 2.05) is 5.38 Å². The van der Waals surface area contributed by atoms with Gasteiger partial charge in [0.15, 0.2) is 5.13 Å². The standard InChI is InChI=1S/C12H17N3S2/c1-9(2)15(7-11-4-3-5-16-11)6-10-8-17-12(13)14-10/h3-5,8-9H,6-7H2,1-2H3,(H2,13,14). The molecule has 0 fully saturated rings. The summed E-state index contributed by atoms with van der Waals surface area (Å²) in [6, 6.07) is 4.77. The first-order chi connectivity index (χ1) is 8.15. The van der Waals surface area contributed by atoms with Crippen molar-refractivity contribution in [3.05, 3.63) is 33.5 Å². The van der Waals surface area contributed by atoms with Crippen molar-refractivity contribution in [3.8, 4) is 0 Å². The van der Waals surface area contributed by atoms with Crippen LogP contribution in [-0.2, 0) is 13.1 Å². The van der Waals surface area contributed by atoms with Gasteiger partial charge in [-0.05, 0) is 25.3 Å². The van der Waals surface area contributed by atoms with Crippen molar-refractivity contribution in [1.82, 2.24) is 9.88 Å². The zero-order valence-electron chi connectivity index (χ0n) is 10.1. The van der Waals surface area contributed by atoms with Crippen LogP contribution in [0.15, 0.2) is 22.9 Å². The molecule has 2 N–H and O–H groups in total. The molecule has 2 aromatic rings. The van der Waals surface area contributed by atoms with Crippen molar-refractivity contribution in [2.75, 3.05) is 5.73 Å². The summed E-state index contributed by atoms with van der Waals surface area (Å²) in [6.45, 7) is 6.27. The fourth-order valence-electron chi connectivity index (χ4n) is 1.63. The largest absolute Gasteiger partial charge is 0.375 e. The number of anilines is 1. The average molecular weight is 267 g/mol. The molecule has 2 rings (SSSR count). The molecule has 17 heavy (non-hydrogen) atoms. The van der Waals surface area contributed by atoms with Gasteiger partial charge in [-0.2, -0.15) is 0 Å². The summed E-state index contributed by atoms with van der Waals surface area (Å²) in [5, 5.41) is 4.81. The second-order valence-corrected chi connectivity index (χ2v) is 6.18. The van der Waals surface area contributed by atoms with Gasteiger partial charge in [-0.3, -0.25) is 4.90 Å². The van der Waals surface area contributed by atoms with E-state index >= 15 is 0 Å². The highest BCUT2D eigenvalue weighted by atomic mass is 32.1. The normalized spacial score (nSPS) is 11.5. The van der Waals surface area contributed by atoms with E-state index in [9.17, 15) is 0 Å². The molecule has 0 amide bonds. The molecule has 0 aliphatic heterocycles. The van der Waals surface area contributed by atoms with Crippen LogP contribution in [0.1, 0.15) is 24.4 Å². The summed E-state index contributed by atoms with van der Waals surface area (Å²) in [5.41, 5.74) is 6.72. The maximum absolute atomic E-state index is 5.66. The van der Waals surface area contributed by atoms with E-state index in [4.69, 9.17) is 5.73 Å². The summed E-state index contributed by atoms with van der Waals surface area (Å²) in [6.07, 6.45) is 0. The Bertz CT molecular complexity index is 448. The van der Waals surface area contributed by atoms with E-state index in [2.05, 4.69) is 41.2 Å². The number of thiophene rings is 1. The Morgan fingerprint density at radius 1 is 1.35 bits per heavy atom. The maximum Gasteiger partial charge on any atom is 0.180 e. The molecule has 0 aliphatic rings. The highest BCUT2D eigenvalue weighted by Crippen LogP contribution is 2.18. The number of thiazole rings is 1. The number of nitrogen functional groups attached to an aromatic ring is 1. The number of rotatable bonds is 5. The zero-order chi connectivity index (χ0) is 12.3. The Balaban J connectivity index is 2.02. The third-order valence-electron chi connectivity index (χ3n) is 2.60. The summed E-state index contributed by atoms with van der Waals surface area (Å²) in [5.74, 6) is 0. The molecule has 0 saturated carbocycles. The minimum Gasteiger partial charge on any atom is -0.375 e. The van der Waals surface area contributed by atoms with E-state index in [1.165, 1.54) is 16.2 Å². The van der Waals surface area contributed by atoms with Crippen LogP contribution < -0.4 is 5.73 Å². The van der Waals surface area contributed by atoms with Crippen LogP contribution in [0.25, 0.3) is 0 Å². The average Bonchev–Trinajstić information content (AvgIpc) is 2.89. The predicted octanol–water partition coefficient (Wildman–Crippen LogP) is 3.20. The molecular weight excluding hydrogens is 250 g/mol. The molecule has 0 atom stereocenters. The molecule has 0 spiro atoms. The minimum atomic E-state index is 0.500. The highest BCUT2D eigenvalue weighted by Gasteiger charge is 2.13. The third kappa shape index (κ3) is 3.52. The van der Waals surface area contributed by atoms with E-state index in [0.29, 0.717) is 11.2 Å². The lowest BCUT2D eigenvalue weighted by Gasteiger charge is -2.24. The maximum atomic E-state index is 5.66. The zero-order valence-corrected chi connectivity index (χ0v) is 11.7. The van der Waals surface area contributed by atoms with Crippen LogP contribution in [0.5, 0.6) is 0 Å². The molecule has 3 nitrogen and oxygen atoms in total. The molecule has 92 valence electrons. The molecule has 2 heterocycles. The van der Waals surface area contributed by atoms with Crippen LogP contribution in [0, 0.1) is 0 Å². The van der Waals surface area contributed by atoms with Crippen LogP contribution in [0.4, 0.5) is 5.13 Å². The van der Waals surface area contributed by atoms with Crippen LogP contribution in [0.2, 0.25) is 0 Å². The second kappa shape index (κ2) is 5.62. The molecule has 0 aromatic carbocycles. The lowest BCUT2D eigenvalue weighted by molar-refractivity contribution is 0.203. The summed E-state index contributed by atoms with van der Waals surface area (Å²) < 4.78 is 0. The molecular formula is C12H17N3S2. The van der Waals surface area contributed by atoms with Crippen molar-refractivity contribution in [2.24, 2.45) is 0 Å². The van der Waals surface area contributed by atoms with Crippen molar-refractivity contribution in [1.29, 1.82) is 0 Å². The smallest absolute Gasteiger partial charge is 0.180 e. The Morgan fingerprint density at radius 2 is 2.18 bits per heavy atom. The van der Waals surface area contributed by atoms with Crippen molar-refractivity contribution >= 4 is 27.8 Å². The number of aromatic nitrogens is 1. The van der Waals surface area contributed by atoms with E-state index in [0.717, 1.165) is 18.8 Å². The first-order valence-electron chi connectivity index (χ1n) is 5.61. The Labute approximate surface area is 110 Å². The quantitative estimate of drug-likeness (QED) is 0.904. The van der Waals surface area contributed by atoms with Crippen LogP contribution in [-0.4, -0.2) is 15.9 Å². The SMILES string of the molecule is CC(C)N(Cc1csc(N)n1)Cc1cccs1. The van der Waals surface area contributed by atoms with Gasteiger partial charge in [0.05, 0.1) is 5.69 Å². The topological polar surface area (TPSA) is 42.1 Å². The van der Waals surface area contributed by atoms with Crippen molar-refractivity contribution in [2.45, 2.75) is 33.0 Å². The number of nitrogens with two attached hydrogens (primary N) is 1. The van der Waals surface area contributed by atoms with Gasteiger partial charge >= 0.3 is 0 Å². The second-order valence-electron chi connectivity index (χ2n) is 4.26. The monoisotopic (exact) mass is 267 g/mol. The number of hydrogen-bond donors (Lipinski definition) is 1. The Morgan fingerprint density at radius 3 is 2.71 bits per heavy atom. The molecule has 0 saturated heterocycles. The molecule has 0 aliphatic carbocycles. The van der Waals surface area contributed by atoms with Gasteiger partial charge in [-0.1, -0.05) is 6.07 Å². The first kappa shape index (κ1) is 12.5. The van der Waals surface area contributed by atoms with Gasteiger partial charge in [-0.25, -0.2) is 4.98 Å². The van der Waals surface area contributed by atoms with Gasteiger partial charge in [0.2, 0.25) is 0 Å². The molecule has 5 heteroatoms. The van der Waals surface area contributed by atoms with Gasteiger partial charge in [-0.15, -0.1) is 22.7 Å². The summed E-state index contributed by atoms with van der Waals surface area (Å²) >= 11 is 3.31. The van der Waals surface area contributed by atoms with E-state index < -0.39 is 0 Å². The lowest BCUT2D eigenvalue weighted by atomic mass is 10.3. The fourth-order valence-corrected chi connectivity index (χ4v) is 2.91. The van der Waals surface area contributed by atoms with E-state index in [-0.39, 0.29) is 0 Å². The van der Waals surface area contributed by atoms with Gasteiger partial charge in [0.1, 0.15) is 0 Å². The van der Waals surface area contributed by atoms with Crippen LogP contribution in [0.3, 0.4) is 0 Å². The van der Waals surface area contributed by atoms with E-state index in [1.54, 1.807) is 11.3 Å². The van der Waals surface area contributed by atoms with Gasteiger partial charge in [0.25, 0.3) is 0 Å².